The highest BCUT2D eigenvalue weighted by molar-refractivity contribution is 7.50. The first-order chi connectivity index (χ1) is 58.6. The predicted octanol–water partition coefficient (Wildman–Crippen LogP) is 26.8. The molecular formula is C90H88O25P6Si+2. The maximum Gasteiger partial charge on any atom is 0.805 e. The lowest BCUT2D eigenvalue weighted by Gasteiger charge is -2.31. The maximum atomic E-state index is 15.9. The van der Waals surface area contributed by atoms with E-state index < -0.39 is 56.6 Å². The molecule has 0 aliphatic carbocycles. The number of benzene rings is 12. The molecule has 25 nitrogen and oxygen atoms in total. The molecule has 12 aromatic rings. The van der Waals surface area contributed by atoms with E-state index in [-0.39, 0.29) is 111 Å². The van der Waals surface area contributed by atoms with Gasteiger partial charge in [0.1, 0.15) is 86.3 Å². The molecule has 630 valence electrons. The van der Waals surface area contributed by atoms with Crippen molar-refractivity contribution in [1.82, 2.24) is 0 Å². The summed E-state index contributed by atoms with van der Waals surface area (Å²) in [5, 5.41) is 0.305. The maximum absolute atomic E-state index is 15.9. The van der Waals surface area contributed by atoms with Crippen LogP contribution in [0.5, 0.6) is 97.7 Å². The Balaban J connectivity index is 0.906. The summed E-state index contributed by atoms with van der Waals surface area (Å²) in [5.41, 5.74) is 5.43. The number of allylic oxidation sites excluding steroid dienone is 4. The van der Waals surface area contributed by atoms with E-state index in [1.54, 1.807) is 195 Å². The Bertz CT molecular complexity index is 5730. The summed E-state index contributed by atoms with van der Waals surface area (Å²) in [7, 11) is -29.7. The van der Waals surface area contributed by atoms with Crippen LogP contribution in [-0.4, -0.2) is 8.80 Å². The molecule has 12 rings (SSSR count). The Hall–Kier alpha value is -12.3. The summed E-state index contributed by atoms with van der Waals surface area (Å²) in [6, 6.07) is 74.1. The average molecular weight is 1780 g/mol. The van der Waals surface area contributed by atoms with E-state index >= 15 is 13.7 Å². The van der Waals surface area contributed by atoms with Crippen molar-refractivity contribution in [2.24, 2.45) is 0 Å². The lowest BCUT2D eigenvalue weighted by Crippen LogP contribution is -2.64. The van der Waals surface area contributed by atoms with Gasteiger partial charge in [0.25, 0.3) is 0 Å². The summed E-state index contributed by atoms with van der Waals surface area (Å²) in [6.45, 7) is 21.3. The van der Waals surface area contributed by atoms with E-state index in [0.29, 0.717) is 38.9 Å². The molecule has 12 aromatic carbocycles. The zero-order chi connectivity index (χ0) is 86.6. The standard InChI is InChI=1S/C90H88O25P6Si/c1-13-71(14-2)101-118(93,104-76-45-27-43-74(57-76)97-116(91)99-87-63(5)33-23-34-64(87)6)106-80-49-30-52-83(60-80)113-122(86-55-21-18-22-56-86,114-84-53-31-50-81(61-84)107-119(94,102-72(15-3)16-4)105-77-46-28-44-75(58-77)98-117(92)100-88-65(7)35-24-36-66(88)8)115-85-54-32-51-82(62-85)110-121(96,112-90-69(11)39-26-40-70(90)12)109-79-48-29-47-78(59-79)108-120(95,103-73-41-19-17-20-42-73)111-89-67(9)37-25-38-68(89)10/h13,15,17-62H,14,16H2,1-12H3/q+2/b71-13-,72-15-. The smallest absolute Gasteiger partial charge is 0.480 e. The van der Waals surface area contributed by atoms with Crippen molar-refractivity contribution < 1.29 is 113 Å². The predicted molar refractivity (Wildman–Crippen MR) is 467 cm³/mol. The second-order valence-corrected chi connectivity index (χ2v) is 36.9. The summed E-state index contributed by atoms with van der Waals surface area (Å²) in [6.07, 6.45) is 3.73. The Morgan fingerprint density at radius 1 is 0.270 bits per heavy atom. The normalized spacial score (nSPS) is 14.1. The molecule has 0 saturated carbocycles. The van der Waals surface area contributed by atoms with Gasteiger partial charge in [0.05, 0.1) is 5.19 Å². The van der Waals surface area contributed by atoms with Crippen molar-refractivity contribution in [2.45, 2.75) is 95.9 Å². The first-order valence-electron chi connectivity index (χ1n) is 38.3. The molecule has 122 heavy (non-hydrogen) atoms. The van der Waals surface area contributed by atoms with Crippen molar-refractivity contribution in [3.8, 4) is 97.7 Å². The zero-order valence-electron chi connectivity index (χ0n) is 68.5. The third-order valence-corrected chi connectivity index (χ3v) is 26.9. The van der Waals surface area contributed by atoms with Gasteiger partial charge in [-0.1, -0.05) is 172 Å². The number of phosphoric acid groups is 4. The highest BCUT2D eigenvalue weighted by Gasteiger charge is 2.53. The van der Waals surface area contributed by atoms with Gasteiger partial charge >= 0.3 is 56.6 Å². The van der Waals surface area contributed by atoms with Crippen LogP contribution in [0.1, 0.15) is 85.0 Å². The van der Waals surface area contributed by atoms with E-state index in [4.69, 9.17) is 85.7 Å². The monoisotopic (exact) mass is 1780 g/mol. The number of hydrogen-bond donors (Lipinski definition) is 0. The van der Waals surface area contributed by atoms with E-state index in [2.05, 4.69) is 0 Å². The van der Waals surface area contributed by atoms with Gasteiger partial charge in [-0.25, -0.2) is 18.1 Å². The summed E-state index contributed by atoms with van der Waals surface area (Å²) >= 11 is 0. The van der Waals surface area contributed by atoms with E-state index in [1.807, 2.05) is 70.2 Å². The second-order valence-electron chi connectivity index (χ2n) is 27.2. The Morgan fingerprint density at radius 3 is 0.795 bits per heavy atom. The van der Waals surface area contributed by atoms with Crippen LogP contribution in [0.15, 0.2) is 303 Å². The van der Waals surface area contributed by atoms with Gasteiger partial charge < -0.3 is 67.6 Å². The first-order valence-corrected chi connectivity index (χ1v) is 48.1. The van der Waals surface area contributed by atoms with Gasteiger partial charge in [-0.2, -0.15) is 18.3 Å². The lowest BCUT2D eigenvalue weighted by molar-refractivity contribution is 0.250. The Labute approximate surface area is 711 Å². The first kappa shape index (κ1) is 88.9. The van der Waals surface area contributed by atoms with Crippen LogP contribution in [0.3, 0.4) is 0 Å². The molecule has 6 unspecified atom stereocenters. The van der Waals surface area contributed by atoms with Gasteiger partial charge in [0.15, 0.2) is 23.0 Å². The number of aryl methyl sites for hydroxylation is 8. The minimum Gasteiger partial charge on any atom is -0.480 e. The van der Waals surface area contributed by atoms with E-state index in [1.165, 1.54) is 109 Å². The summed E-state index contributed by atoms with van der Waals surface area (Å²) in [4.78, 5) is 0. The number of para-hydroxylation sites is 5. The molecule has 6 atom stereocenters. The molecule has 0 bridgehead atoms. The SMILES string of the molecule is C/C=C(/CC)OP(=O)(Oc1cccc(O[P+](=O)Oc2c(C)cccc2C)c1)Oc1cccc(O[Si](Oc2cccc(OP(=O)(O/C(=C\C)CC)Oc3cccc(O[P+](=O)Oc4c(C)cccc4C)c3)c2)(Oc2cccc(OP(=O)(Oc3cccc(OP(=O)(Oc4ccccc4)Oc4c(C)cccc4C)c3)Oc3c(C)cccc3C)c2)c2ccccc2)c1. The van der Waals surface area contributed by atoms with Crippen LogP contribution in [0, 0.1) is 55.4 Å². The van der Waals surface area contributed by atoms with E-state index in [0.717, 1.165) is 22.3 Å². The average Bonchev–Trinajstić information content (AvgIpc) is 0.722. The minimum atomic E-state index is -5.00. The summed E-state index contributed by atoms with van der Waals surface area (Å²) in [5.74, 6) is 1.16. The number of rotatable bonds is 41. The topological polar surface area (TPSA) is 278 Å². The number of phosphoric ester groups is 4. The van der Waals surface area contributed by atoms with E-state index in [9.17, 15) is 13.7 Å². The Kier molecular flexibility index (Phi) is 29.4. The fraction of sp³-hybridized carbons (Fsp3) is 0.156. The van der Waals surface area contributed by atoms with Crippen LogP contribution in [-0.2, 0) is 36.4 Å². The number of hydrogen-bond acceptors (Lipinski definition) is 25. The fourth-order valence-electron chi connectivity index (χ4n) is 11.9. The van der Waals surface area contributed by atoms with Crippen LogP contribution < -0.4 is 81.8 Å². The molecule has 0 amide bonds. The molecule has 32 heteroatoms. The van der Waals surface area contributed by atoms with Crippen molar-refractivity contribution in [3.63, 3.8) is 0 Å². The van der Waals surface area contributed by atoms with Gasteiger partial charge in [0, 0.05) is 58.4 Å². The van der Waals surface area contributed by atoms with Crippen molar-refractivity contribution in [1.29, 1.82) is 0 Å². The van der Waals surface area contributed by atoms with Crippen molar-refractivity contribution >= 4 is 61.8 Å². The molecule has 0 N–H and O–H groups in total. The van der Waals surface area contributed by atoms with Gasteiger partial charge in [-0.05, 0) is 211 Å². The third kappa shape index (κ3) is 24.3. The van der Waals surface area contributed by atoms with Gasteiger partial charge in [-0.3, -0.25) is 0 Å². The van der Waals surface area contributed by atoms with Gasteiger partial charge in [-0.15, -0.1) is 0 Å². The quantitative estimate of drug-likeness (QED) is 0.0195. The molecule has 0 aromatic heterocycles. The lowest BCUT2D eigenvalue weighted by atomic mass is 10.1. The van der Waals surface area contributed by atoms with Crippen LogP contribution >= 0.6 is 47.8 Å². The summed E-state index contributed by atoms with van der Waals surface area (Å²) < 4.78 is 208. The highest BCUT2D eigenvalue weighted by atomic mass is 31.2. The van der Waals surface area contributed by atoms with Crippen molar-refractivity contribution in [2.75, 3.05) is 0 Å². The van der Waals surface area contributed by atoms with Gasteiger partial charge in [0.2, 0.25) is 0 Å². The second kappa shape index (κ2) is 40.4. The Morgan fingerprint density at radius 2 is 0.500 bits per heavy atom. The fourth-order valence-corrected chi connectivity index (χ4v) is 21.3. The molecule has 0 radical (unpaired) electrons. The molecule has 0 saturated heterocycles. The van der Waals surface area contributed by atoms with Crippen molar-refractivity contribution in [3.05, 3.63) is 347 Å². The molecule has 0 fully saturated rings. The highest BCUT2D eigenvalue weighted by Crippen LogP contribution is 2.58. The third-order valence-electron chi connectivity index (χ3n) is 17.7. The van der Waals surface area contributed by atoms with Crippen LogP contribution in [0.4, 0.5) is 0 Å². The molecule has 0 spiro atoms. The molecule has 0 aliphatic heterocycles. The molecule has 0 heterocycles. The largest absolute Gasteiger partial charge is 0.805 e. The molecular weight excluding hydrogens is 1690 g/mol. The van der Waals surface area contributed by atoms with Crippen LogP contribution in [0.25, 0.3) is 0 Å². The molecule has 0 aliphatic rings. The van der Waals surface area contributed by atoms with Crippen LogP contribution in [0.2, 0.25) is 0 Å². The minimum absolute atomic E-state index is 0.0162. The zero-order valence-corrected chi connectivity index (χ0v) is 74.9.